The van der Waals surface area contributed by atoms with Crippen LogP contribution in [0.15, 0.2) is 10.8 Å². The summed E-state index contributed by atoms with van der Waals surface area (Å²) in [5.41, 5.74) is 0.198. The van der Waals surface area contributed by atoms with Gasteiger partial charge in [-0.1, -0.05) is 90.8 Å². The van der Waals surface area contributed by atoms with Gasteiger partial charge in [0.05, 0.1) is 8.07 Å². The van der Waals surface area contributed by atoms with Crippen LogP contribution in [-0.2, 0) is 9.59 Å². The van der Waals surface area contributed by atoms with Gasteiger partial charge in [0.25, 0.3) is 0 Å². The number of hydrogen-bond donors (Lipinski definition) is 2. The fraction of sp³-hybridized carbons (Fsp3) is 0.800. The Morgan fingerprint density at radius 3 is 1.36 bits per heavy atom. The third kappa shape index (κ3) is 7.76. The monoisotopic (exact) mass is 370 g/mol. The quantitative estimate of drug-likeness (QED) is 0.272. The van der Waals surface area contributed by atoms with Crippen molar-refractivity contribution in [2.45, 2.75) is 104 Å². The van der Waals surface area contributed by atoms with Gasteiger partial charge in [0.15, 0.2) is 0 Å². The zero-order valence-corrected chi connectivity index (χ0v) is 17.7. The first-order valence-corrected chi connectivity index (χ1v) is 12.7. The highest BCUT2D eigenvalue weighted by Gasteiger charge is 2.41. The van der Waals surface area contributed by atoms with Crippen molar-refractivity contribution in [2.75, 3.05) is 0 Å². The Balaban J connectivity index is 6.25. The van der Waals surface area contributed by atoms with E-state index < -0.39 is 20.0 Å². The normalized spacial score (nSPS) is 12.8. The van der Waals surface area contributed by atoms with E-state index in [0.29, 0.717) is 11.6 Å². The highest BCUT2D eigenvalue weighted by Crippen LogP contribution is 2.37. The first kappa shape index (κ1) is 23.9. The van der Waals surface area contributed by atoms with Gasteiger partial charge in [-0.05, 0) is 12.8 Å². The van der Waals surface area contributed by atoms with Crippen LogP contribution in [-0.4, -0.2) is 30.2 Å². The predicted molar refractivity (Wildman–Crippen MR) is 107 cm³/mol. The van der Waals surface area contributed by atoms with Gasteiger partial charge in [0.1, 0.15) is 0 Å². The van der Waals surface area contributed by atoms with Crippen LogP contribution in [0.1, 0.15) is 85.5 Å². The van der Waals surface area contributed by atoms with E-state index in [-0.39, 0.29) is 5.57 Å². The van der Waals surface area contributed by atoms with E-state index >= 15 is 0 Å². The summed E-state index contributed by atoms with van der Waals surface area (Å²) >= 11 is 0. The maximum Gasteiger partial charge on any atom is 0.331 e. The first-order valence-electron chi connectivity index (χ1n) is 10.1. The van der Waals surface area contributed by atoms with Gasteiger partial charge in [-0.15, -0.1) is 0 Å². The number of carbonyl (C=O) groups is 2. The van der Waals surface area contributed by atoms with Crippen molar-refractivity contribution in [3.63, 3.8) is 0 Å². The van der Waals surface area contributed by atoms with Crippen molar-refractivity contribution < 1.29 is 19.8 Å². The molecule has 0 heterocycles. The van der Waals surface area contributed by atoms with Crippen LogP contribution in [0.5, 0.6) is 0 Å². The van der Waals surface area contributed by atoms with Crippen molar-refractivity contribution in [2.24, 2.45) is 0 Å². The highest BCUT2D eigenvalue weighted by atomic mass is 28.3. The molecule has 25 heavy (non-hydrogen) atoms. The number of aliphatic carboxylic acids is 2. The third-order valence-corrected chi connectivity index (χ3v) is 10.6. The lowest BCUT2D eigenvalue weighted by Gasteiger charge is -2.34. The molecule has 0 aromatic rings. The molecule has 0 saturated carbocycles. The van der Waals surface area contributed by atoms with E-state index in [1.807, 2.05) is 6.92 Å². The van der Waals surface area contributed by atoms with E-state index in [9.17, 15) is 19.8 Å². The molecule has 0 fully saturated rings. The van der Waals surface area contributed by atoms with Crippen LogP contribution in [0.2, 0.25) is 18.1 Å². The van der Waals surface area contributed by atoms with Crippen LogP contribution in [0.25, 0.3) is 0 Å². The van der Waals surface area contributed by atoms with Crippen LogP contribution in [0.3, 0.4) is 0 Å². The van der Waals surface area contributed by atoms with Crippen LogP contribution >= 0.6 is 0 Å². The molecule has 0 aliphatic heterocycles. The summed E-state index contributed by atoms with van der Waals surface area (Å²) in [6.45, 7) is 8.38. The van der Waals surface area contributed by atoms with Gasteiger partial charge in [-0.2, -0.15) is 0 Å². The average Bonchev–Trinajstić information content (AvgIpc) is 2.58. The maximum absolute atomic E-state index is 12.3. The smallest absolute Gasteiger partial charge is 0.331 e. The van der Waals surface area contributed by atoms with Crippen LogP contribution in [0, 0.1) is 0 Å². The van der Waals surface area contributed by atoms with E-state index in [1.165, 1.54) is 0 Å². The van der Waals surface area contributed by atoms with Crippen molar-refractivity contribution in [1.29, 1.82) is 0 Å². The van der Waals surface area contributed by atoms with Crippen molar-refractivity contribution in [1.82, 2.24) is 0 Å². The molecule has 0 unspecified atom stereocenters. The number of carboxylic acids is 2. The molecule has 0 bridgehead atoms. The van der Waals surface area contributed by atoms with E-state index in [4.69, 9.17) is 0 Å². The van der Waals surface area contributed by atoms with Gasteiger partial charge in [-0.25, -0.2) is 9.59 Å². The topological polar surface area (TPSA) is 74.6 Å². The minimum Gasteiger partial charge on any atom is -0.478 e. The Bertz CT molecular complexity index is 421. The summed E-state index contributed by atoms with van der Waals surface area (Å²) in [5.74, 6) is -1.99. The molecule has 2 N–H and O–H groups in total. The second kappa shape index (κ2) is 13.1. The minimum absolute atomic E-state index is 0.198. The Labute approximate surface area is 154 Å². The lowest BCUT2D eigenvalue weighted by atomic mass is 10.1. The van der Waals surface area contributed by atoms with Crippen molar-refractivity contribution in [3.8, 4) is 0 Å². The summed E-state index contributed by atoms with van der Waals surface area (Å²) in [6.07, 6.45) is 8.05. The number of carboxylic acid groups (broad SMARTS) is 2. The molecule has 0 saturated heterocycles. The molecule has 0 aromatic heterocycles. The van der Waals surface area contributed by atoms with E-state index in [1.54, 1.807) is 0 Å². The Morgan fingerprint density at radius 2 is 1.08 bits per heavy atom. The molecule has 0 amide bonds. The largest absolute Gasteiger partial charge is 0.478 e. The molecule has 0 rings (SSSR count). The summed E-state index contributed by atoms with van der Waals surface area (Å²) in [6, 6.07) is 2.73. The van der Waals surface area contributed by atoms with E-state index in [0.717, 1.165) is 69.5 Å². The number of hydrogen-bond acceptors (Lipinski definition) is 2. The third-order valence-electron chi connectivity index (χ3n) is 5.11. The zero-order chi connectivity index (χ0) is 19.3. The van der Waals surface area contributed by atoms with Gasteiger partial charge in [-0.3, -0.25) is 0 Å². The van der Waals surface area contributed by atoms with Gasteiger partial charge < -0.3 is 10.2 Å². The maximum atomic E-state index is 12.3. The predicted octanol–water partition coefficient (Wildman–Crippen LogP) is 6.03. The van der Waals surface area contributed by atoms with E-state index in [2.05, 4.69) is 20.8 Å². The van der Waals surface area contributed by atoms with Gasteiger partial charge >= 0.3 is 11.9 Å². The first-order chi connectivity index (χ1) is 11.9. The van der Waals surface area contributed by atoms with Gasteiger partial charge in [0.2, 0.25) is 0 Å². The fourth-order valence-corrected chi connectivity index (χ4v) is 9.58. The standard InChI is InChI=1S/C20H38O4Si/c1-5-9-13-17(19(21)22)18(20(23)24)25(14-10-6-2,15-11-7-3)16-12-8-4/h5-16H2,1-4H3,(H,21,22)(H,23,24)/b18-17-. The summed E-state index contributed by atoms with van der Waals surface area (Å²) in [4.78, 5) is 24.2. The van der Waals surface area contributed by atoms with Crippen LogP contribution < -0.4 is 0 Å². The SMILES string of the molecule is CCCC/C(C(=O)O)=C(\C(=O)O)[Si](CCCC)(CCCC)CCCC. The zero-order valence-electron chi connectivity index (χ0n) is 16.7. The molecular weight excluding hydrogens is 332 g/mol. The van der Waals surface area contributed by atoms with Crippen molar-refractivity contribution in [3.05, 3.63) is 10.8 Å². The molecule has 0 aromatic carbocycles. The molecule has 0 spiro atoms. The molecule has 0 atom stereocenters. The minimum atomic E-state index is -2.33. The second-order valence-electron chi connectivity index (χ2n) is 7.16. The number of rotatable bonds is 15. The average molecular weight is 371 g/mol. The van der Waals surface area contributed by atoms with Crippen LogP contribution in [0.4, 0.5) is 0 Å². The Morgan fingerprint density at radius 1 is 0.680 bits per heavy atom. The molecule has 146 valence electrons. The molecule has 0 aliphatic carbocycles. The molecule has 4 nitrogen and oxygen atoms in total. The second-order valence-corrected chi connectivity index (χ2v) is 11.7. The Kier molecular flexibility index (Phi) is 12.6. The molecule has 0 aliphatic rings. The summed E-state index contributed by atoms with van der Waals surface area (Å²) in [7, 11) is -2.33. The molecular formula is C20H38O4Si. The lowest BCUT2D eigenvalue weighted by Crippen LogP contribution is -2.42. The van der Waals surface area contributed by atoms with Gasteiger partial charge in [0, 0.05) is 10.8 Å². The molecule has 5 heteroatoms. The number of unbranched alkanes of at least 4 members (excludes halogenated alkanes) is 4. The summed E-state index contributed by atoms with van der Waals surface area (Å²) in [5, 5.41) is 20.1. The molecule has 0 radical (unpaired) electrons. The lowest BCUT2D eigenvalue weighted by molar-refractivity contribution is -0.135. The Hall–Kier alpha value is -1.10. The summed E-state index contributed by atoms with van der Waals surface area (Å²) < 4.78 is 0. The highest BCUT2D eigenvalue weighted by molar-refractivity contribution is 6.90. The van der Waals surface area contributed by atoms with Crippen molar-refractivity contribution >= 4 is 20.0 Å². The fourth-order valence-electron chi connectivity index (χ4n) is 3.66.